The van der Waals surface area contributed by atoms with Gasteiger partial charge in [0.2, 0.25) is 0 Å². The zero-order valence-corrected chi connectivity index (χ0v) is 18.8. The predicted octanol–water partition coefficient (Wildman–Crippen LogP) is 5.97. The van der Waals surface area contributed by atoms with Crippen molar-refractivity contribution in [1.29, 1.82) is 0 Å². The van der Waals surface area contributed by atoms with Crippen molar-refractivity contribution in [3.05, 3.63) is 0 Å². The number of Topliss-reactive ketones (excluding diaryl/α,β-unsaturated/α-hetero) is 1. The molecule has 23 heavy (non-hydrogen) atoms. The van der Waals surface area contributed by atoms with Gasteiger partial charge in [-0.3, -0.25) is 4.79 Å². The molecule has 5 heteroatoms. The predicted molar refractivity (Wildman–Crippen MR) is 109 cm³/mol. The standard InChI is InChI=1S/C18H36O2S2Si/c1-15(9-10-20-23(6,7)17(3,4)5)13-18(14-16(2)19)21-11-8-12-22-18/h15H,8-14H2,1-7H3. The summed E-state index contributed by atoms with van der Waals surface area (Å²) in [4.78, 5) is 11.7. The maximum Gasteiger partial charge on any atom is 0.191 e. The highest BCUT2D eigenvalue weighted by Crippen LogP contribution is 2.49. The van der Waals surface area contributed by atoms with Crippen molar-refractivity contribution in [2.24, 2.45) is 5.92 Å². The summed E-state index contributed by atoms with van der Waals surface area (Å²) in [7, 11) is -1.63. The van der Waals surface area contributed by atoms with Gasteiger partial charge in [-0.15, -0.1) is 23.5 Å². The Kier molecular flexibility index (Phi) is 8.23. The zero-order valence-electron chi connectivity index (χ0n) is 16.2. The van der Waals surface area contributed by atoms with E-state index in [1.807, 2.05) is 23.5 Å². The Morgan fingerprint density at radius 1 is 1.26 bits per heavy atom. The molecule has 136 valence electrons. The van der Waals surface area contributed by atoms with E-state index in [1.165, 1.54) is 17.9 Å². The van der Waals surface area contributed by atoms with E-state index >= 15 is 0 Å². The van der Waals surface area contributed by atoms with Crippen LogP contribution in [0.3, 0.4) is 0 Å². The molecule has 0 aromatic carbocycles. The number of carbonyl (C=O) groups excluding carboxylic acids is 1. The van der Waals surface area contributed by atoms with Crippen molar-refractivity contribution >= 4 is 37.6 Å². The topological polar surface area (TPSA) is 26.3 Å². The first-order valence-corrected chi connectivity index (χ1v) is 13.8. The van der Waals surface area contributed by atoms with E-state index in [0.717, 1.165) is 25.9 Å². The number of thioether (sulfide) groups is 2. The largest absolute Gasteiger partial charge is 0.417 e. The molecule has 1 fully saturated rings. The molecule has 1 aliphatic heterocycles. The fourth-order valence-corrected chi connectivity index (χ4v) is 7.47. The van der Waals surface area contributed by atoms with Gasteiger partial charge < -0.3 is 4.43 Å². The lowest BCUT2D eigenvalue weighted by molar-refractivity contribution is -0.117. The maximum atomic E-state index is 11.7. The molecule has 1 atom stereocenters. The molecule has 1 unspecified atom stereocenters. The van der Waals surface area contributed by atoms with Crippen LogP contribution in [0.15, 0.2) is 0 Å². The molecule has 1 aliphatic rings. The summed E-state index contributed by atoms with van der Waals surface area (Å²) in [6, 6.07) is 0. The van der Waals surface area contributed by atoms with Gasteiger partial charge in [0.1, 0.15) is 5.78 Å². The average Bonchev–Trinajstić information content (AvgIpc) is 2.36. The normalized spacial score (nSPS) is 20.3. The van der Waals surface area contributed by atoms with Crippen LogP contribution >= 0.6 is 23.5 Å². The van der Waals surface area contributed by atoms with Gasteiger partial charge in [0.25, 0.3) is 0 Å². The molecule has 0 aromatic rings. The van der Waals surface area contributed by atoms with Crippen LogP contribution in [0.4, 0.5) is 0 Å². The van der Waals surface area contributed by atoms with Gasteiger partial charge in [0.05, 0.1) is 4.08 Å². The fraction of sp³-hybridized carbons (Fsp3) is 0.944. The van der Waals surface area contributed by atoms with Crippen molar-refractivity contribution in [3.8, 4) is 0 Å². The van der Waals surface area contributed by atoms with Gasteiger partial charge >= 0.3 is 0 Å². The van der Waals surface area contributed by atoms with Gasteiger partial charge in [-0.1, -0.05) is 27.7 Å². The van der Waals surface area contributed by atoms with Crippen LogP contribution in [0, 0.1) is 5.92 Å². The molecule has 1 rings (SSSR count). The Balaban J connectivity index is 2.50. The third kappa shape index (κ3) is 7.13. The summed E-state index contributed by atoms with van der Waals surface area (Å²) in [5, 5.41) is 0.279. The average molecular weight is 377 g/mol. The van der Waals surface area contributed by atoms with Crippen molar-refractivity contribution in [3.63, 3.8) is 0 Å². The van der Waals surface area contributed by atoms with Gasteiger partial charge in [-0.05, 0) is 61.7 Å². The molecule has 0 N–H and O–H groups in total. The summed E-state index contributed by atoms with van der Waals surface area (Å²) in [5.74, 6) is 3.34. The van der Waals surface area contributed by atoms with E-state index in [9.17, 15) is 4.79 Å². The molecule has 1 heterocycles. The third-order valence-electron chi connectivity index (χ3n) is 5.08. The second-order valence-corrected chi connectivity index (χ2v) is 16.6. The van der Waals surface area contributed by atoms with Crippen molar-refractivity contribution in [2.45, 2.75) is 82.5 Å². The molecule has 0 aromatic heterocycles. The lowest BCUT2D eigenvalue weighted by Gasteiger charge is -2.38. The summed E-state index contributed by atoms with van der Waals surface area (Å²) in [6.45, 7) is 16.4. The quantitative estimate of drug-likeness (QED) is 0.487. The molecule has 2 nitrogen and oxygen atoms in total. The van der Waals surface area contributed by atoms with E-state index < -0.39 is 8.32 Å². The summed E-state index contributed by atoms with van der Waals surface area (Å²) in [5.41, 5.74) is 0. The van der Waals surface area contributed by atoms with E-state index in [0.29, 0.717) is 11.7 Å². The molecule has 1 saturated heterocycles. The molecule has 0 radical (unpaired) electrons. The second kappa shape index (κ2) is 8.77. The first kappa shape index (κ1) is 21.6. The molecular formula is C18H36O2S2Si. The van der Waals surface area contributed by atoms with E-state index in [-0.39, 0.29) is 9.12 Å². The molecule has 0 bridgehead atoms. The molecular weight excluding hydrogens is 340 g/mol. The monoisotopic (exact) mass is 376 g/mol. The van der Waals surface area contributed by atoms with Crippen LogP contribution in [0.2, 0.25) is 18.1 Å². The maximum absolute atomic E-state index is 11.7. The summed E-state index contributed by atoms with van der Waals surface area (Å²) >= 11 is 4.04. The number of carbonyl (C=O) groups is 1. The van der Waals surface area contributed by atoms with E-state index in [2.05, 4.69) is 40.8 Å². The Bertz CT molecular complexity index is 385. The van der Waals surface area contributed by atoms with Crippen LogP contribution in [-0.2, 0) is 9.22 Å². The minimum atomic E-state index is -1.63. The number of hydrogen-bond donors (Lipinski definition) is 0. The van der Waals surface area contributed by atoms with Gasteiger partial charge in [0, 0.05) is 13.0 Å². The zero-order chi connectivity index (χ0) is 17.7. The summed E-state index contributed by atoms with van der Waals surface area (Å²) < 4.78 is 6.45. The molecule has 0 amide bonds. The number of hydrogen-bond acceptors (Lipinski definition) is 4. The van der Waals surface area contributed by atoms with Crippen LogP contribution in [-0.4, -0.2) is 36.3 Å². The van der Waals surface area contributed by atoms with Crippen LogP contribution < -0.4 is 0 Å². The first-order valence-electron chi connectivity index (χ1n) is 8.89. The van der Waals surface area contributed by atoms with Gasteiger partial charge in [-0.2, -0.15) is 0 Å². The van der Waals surface area contributed by atoms with Crippen LogP contribution in [0.25, 0.3) is 0 Å². The number of rotatable bonds is 8. The third-order valence-corrected chi connectivity index (χ3v) is 13.0. The molecule has 0 saturated carbocycles. The SMILES string of the molecule is CC(=O)CC1(CC(C)CCO[Si](C)(C)C(C)(C)C)SCCCS1. The minimum Gasteiger partial charge on any atom is -0.417 e. The van der Waals surface area contributed by atoms with E-state index in [4.69, 9.17) is 4.43 Å². The smallest absolute Gasteiger partial charge is 0.191 e. The Morgan fingerprint density at radius 2 is 1.83 bits per heavy atom. The van der Waals surface area contributed by atoms with Gasteiger partial charge in [0.15, 0.2) is 8.32 Å². The highest BCUT2D eigenvalue weighted by molar-refractivity contribution is 8.18. The summed E-state index contributed by atoms with van der Waals surface area (Å²) in [6.07, 6.45) is 4.23. The van der Waals surface area contributed by atoms with Crippen molar-refractivity contribution < 1.29 is 9.22 Å². The minimum absolute atomic E-state index is 0.125. The van der Waals surface area contributed by atoms with Crippen LogP contribution in [0.5, 0.6) is 0 Å². The highest BCUT2D eigenvalue weighted by atomic mass is 32.2. The second-order valence-electron chi connectivity index (χ2n) is 8.55. The van der Waals surface area contributed by atoms with Crippen molar-refractivity contribution in [1.82, 2.24) is 0 Å². The lowest BCUT2D eigenvalue weighted by Crippen LogP contribution is -2.41. The molecule has 0 aliphatic carbocycles. The number of ketones is 1. The van der Waals surface area contributed by atoms with Crippen molar-refractivity contribution in [2.75, 3.05) is 18.1 Å². The highest BCUT2D eigenvalue weighted by Gasteiger charge is 2.38. The fourth-order valence-electron chi connectivity index (χ4n) is 2.65. The Labute approximate surface area is 153 Å². The van der Waals surface area contributed by atoms with Crippen LogP contribution in [0.1, 0.15) is 60.3 Å². The van der Waals surface area contributed by atoms with E-state index in [1.54, 1.807) is 6.92 Å². The lowest BCUT2D eigenvalue weighted by atomic mass is 9.99. The first-order chi connectivity index (χ1) is 10.5. The Morgan fingerprint density at radius 3 is 2.30 bits per heavy atom. The Hall–Kier alpha value is 0.547. The molecule has 0 spiro atoms. The van der Waals surface area contributed by atoms with Gasteiger partial charge in [-0.25, -0.2) is 0 Å².